The van der Waals surface area contributed by atoms with Crippen LogP contribution < -0.4 is 5.32 Å². The first kappa shape index (κ1) is 16.0. The van der Waals surface area contributed by atoms with Gasteiger partial charge >= 0.3 is 0 Å². The number of hydrogen-bond donors (Lipinski definition) is 1. The number of nitrogens with one attached hydrogen (secondary N) is 1. The highest BCUT2D eigenvalue weighted by atomic mass is 16.2. The lowest BCUT2D eigenvalue weighted by Gasteiger charge is -2.20. The summed E-state index contributed by atoms with van der Waals surface area (Å²) >= 11 is 0. The van der Waals surface area contributed by atoms with Gasteiger partial charge in [0.15, 0.2) is 0 Å². The van der Waals surface area contributed by atoms with Crippen LogP contribution in [0.5, 0.6) is 0 Å². The fraction of sp³-hybridized carbons (Fsp3) is 0.471. The van der Waals surface area contributed by atoms with E-state index in [1.807, 2.05) is 11.0 Å². The standard InChI is InChI=1S/C17H21N3O2/c18-13-14-6-8-15(9-7-14)17(22)19-10-4-12-20-11-3-1-2-5-16(20)21/h6-9H,1-5,10-12H2,(H,19,22). The van der Waals surface area contributed by atoms with E-state index < -0.39 is 0 Å². The molecule has 22 heavy (non-hydrogen) atoms. The van der Waals surface area contributed by atoms with Crippen LogP contribution in [-0.4, -0.2) is 36.3 Å². The molecular formula is C17H21N3O2. The van der Waals surface area contributed by atoms with E-state index in [2.05, 4.69) is 5.32 Å². The van der Waals surface area contributed by atoms with Crippen LogP contribution in [0.4, 0.5) is 0 Å². The van der Waals surface area contributed by atoms with Crippen LogP contribution in [0, 0.1) is 11.3 Å². The largest absolute Gasteiger partial charge is 0.352 e. The normalized spacial score (nSPS) is 15.0. The third kappa shape index (κ3) is 4.59. The van der Waals surface area contributed by atoms with Crippen LogP contribution in [0.1, 0.15) is 48.0 Å². The van der Waals surface area contributed by atoms with E-state index in [1.54, 1.807) is 24.3 Å². The fourth-order valence-electron chi connectivity index (χ4n) is 2.55. The molecule has 1 fully saturated rings. The Morgan fingerprint density at radius 1 is 1.23 bits per heavy atom. The smallest absolute Gasteiger partial charge is 0.251 e. The summed E-state index contributed by atoms with van der Waals surface area (Å²) in [5, 5.41) is 11.6. The van der Waals surface area contributed by atoms with Gasteiger partial charge in [0.25, 0.3) is 5.91 Å². The number of likely N-dealkylation sites (tertiary alicyclic amines) is 1. The van der Waals surface area contributed by atoms with Crippen molar-refractivity contribution in [1.82, 2.24) is 10.2 Å². The minimum Gasteiger partial charge on any atom is -0.352 e. The zero-order chi connectivity index (χ0) is 15.8. The molecule has 1 aliphatic rings. The lowest BCUT2D eigenvalue weighted by molar-refractivity contribution is -0.130. The van der Waals surface area contributed by atoms with Gasteiger partial charge in [0.2, 0.25) is 5.91 Å². The number of nitrogens with zero attached hydrogens (tertiary/aromatic N) is 2. The van der Waals surface area contributed by atoms with Crippen molar-refractivity contribution in [3.05, 3.63) is 35.4 Å². The van der Waals surface area contributed by atoms with Crippen molar-refractivity contribution in [2.45, 2.75) is 32.1 Å². The molecular weight excluding hydrogens is 278 g/mol. The average Bonchev–Trinajstić information content (AvgIpc) is 2.76. The van der Waals surface area contributed by atoms with Gasteiger partial charge in [0, 0.05) is 31.6 Å². The molecule has 5 nitrogen and oxygen atoms in total. The van der Waals surface area contributed by atoms with Gasteiger partial charge in [-0.2, -0.15) is 5.26 Å². The van der Waals surface area contributed by atoms with Gasteiger partial charge in [-0.3, -0.25) is 9.59 Å². The molecule has 0 aromatic heterocycles. The Balaban J connectivity index is 1.72. The predicted octanol–water partition coefficient (Wildman–Crippen LogP) is 2.08. The third-order valence-electron chi connectivity index (χ3n) is 3.84. The zero-order valence-corrected chi connectivity index (χ0v) is 12.7. The number of hydrogen-bond acceptors (Lipinski definition) is 3. The van der Waals surface area contributed by atoms with Crippen molar-refractivity contribution in [3.63, 3.8) is 0 Å². The molecule has 0 radical (unpaired) electrons. The van der Waals surface area contributed by atoms with Crippen molar-refractivity contribution in [2.75, 3.05) is 19.6 Å². The summed E-state index contributed by atoms with van der Waals surface area (Å²) in [5.74, 6) is 0.0857. The molecule has 0 bridgehead atoms. The summed E-state index contributed by atoms with van der Waals surface area (Å²) in [6.07, 6.45) is 4.59. The number of carbonyl (C=O) groups excluding carboxylic acids is 2. The third-order valence-corrected chi connectivity index (χ3v) is 3.84. The lowest BCUT2D eigenvalue weighted by Crippen LogP contribution is -2.34. The summed E-state index contributed by atoms with van der Waals surface area (Å²) in [7, 11) is 0. The molecule has 0 spiro atoms. The summed E-state index contributed by atoms with van der Waals surface area (Å²) in [4.78, 5) is 25.7. The second kappa shape index (κ2) is 8.18. The van der Waals surface area contributed by atoms with Gasteiger partial charge in [-0.1, -0.05) is 6.42 Å². The van der Waals surface area contributed by atoms with E-state index in [0.29, 0.717) is 30.6 Å². The maximum absolute atomic E-state index is 11.9. The van der Waals surface area contributed by atoms with Crippen molar-refractivity contribution in [2.24, 2.45) is 0 Å². The Bertz CT molecular complexity index is 560. The van der Waals surface area contributed by atoms with E-state index in [4.69, 9.17) is 5.26 Å². The quantitative estimate of drug-likeness (QED) is 0.846. The number of benzene rings is 1. The molecule has 0 atom stereocenters. The maximum Gasteiger partial charge on any atom is 0.251 e. The number of rotatable bonds is 5. The Labute approximate surface area is 130 Å². The zero-order valence-electron chi connectivity index (χ0n) is 12.7. The lowest BCUT2D eigenvalue weighted by atomic mass is 10.1. The van der Waals surface area contributed by atoms with E-state index in [0.717, 1.165) is 32.2 Å². The molecule has 5 heteroatoms. The first-order valence-electron chi connectivity index (χ1n) is 7.77. The predicted molar refractivity (Wildman–Crippen MR) is 83.2 cm³/mol. The van der Waals surface area contributed by atoms with Gasteiger partial charge in [-0.05, 0) is 43.5 Å². The van der Waals surface area contributed by atoms with Gasteiger partial charge in [0.1, 0.15) is 0 Å². The summed E-state index contributed by atoms with van der Waals surface area (Å²) in [6.45, 7) is 2.08. The fourth-order valence-corrected chi connectivity index (χ4v) is 2.55. The van der Waals surface area contributed by atoms with Gasteiger partial charge in [-0.25, -0.2) is 0 Å². The molecule has 116 valence electrons. The van der Waals surface area contributed by atoms with E-state index >= 15 is 0 Å². The molecule has 1 N–H and O–H groups in total. The van der Waals surface area contributed by atoms with Crippen molar-refractivity contribution in [1.29, 1.82) is 5.26 Å². The molecule has 1 aromatic rings. The van der Waals surface area contributed by atoms with E-state index in [1.165, 1.54) is 0 Å². The average molecular weight is 299 g/mol. The molecule has 1 heterocycles. The van der Waals surface area contributed by atoms with Crippen LogP contribution in [0.15, 0.2) is 24.3 Å². The van der Waals surface area contributed by atoms with Crippen LogP contribution in [0.25, 0.3) is 0 Å². The highest BCUT2D eigenvalue weighted by Gasteiger charge is 2.15. The molecule has 0 saturated carbocycles. The van der Waals surface area contributed by atoms with Crippen LogP contribution >= 0.6 is 0 Å². The van der Waals surface area contributed by atoms with E-state index in [9.17, 15) is 9.59 Å². The summed E-state index contributed by atoms with van der Waals surface area (Å²) < 4.78 is 0. The summed E-state index contributed by atoms with van der Waals surface area (Å²) in [6, 6.07) is 8.57. The Hall–Kier alpha value is -2.35. The Morgan fingerprint density at radius 3 is 2.73 bits per heavy atom. The maximum atomic E-state index is 11.9. The minimum atomic E-state index is -0.147. The SMILES string of the molecule is N#Cc1ccc(C(=O)NCCCN2CCCCCC2=O)cc1. The topological polar surface area (TPSA) is 73.2 Å². The van der Waals surface area contributed by atoms with Gasteiger partial charge in [-0.15, -0.1) is 0 Å². The highest BCUT2D eigenvalue weighted by Crippen LogP contribution is 2.11. The summed E-state index contributed by atoms with van der Waals surface area (Å²) in [5.41, 5.74) is 1.08. The molecule has 0 unspecified atom stereocenters. The van der Waals surface area contributed by atoms with E-state index in [-0.39, 0.29) is 11.8 Å². The number of carbonyl (C=O) groups is 2. The monoisotopic (exact) mass is 299 g/mol. The molecule has 1 aliphatic heterocycles. The Morgan fingerprint density at radius 2 is 2.00 bits per heavy atom. The first-order chi connectivity index (χ1) is 10.7. The Kier molecular flexibility index (Phi) is 5.96. The van der Waals surface area contributed by atoms with Crippen LogP contribution in [0.3, 0.4) is 0 Å². The molecule has 1 saturated heterocycles. The minimum absolute atomic E-state index is 0.147. The molecule has 0 aliphatic carbocycles. The molecule has 2 rings (SSSR count). The highest BCUT2D eigenvalue weighted by molar-refractivity contribution is 5.94. The van der Waals surface area contributed by atoms with Gasteiger partial charge < -0.3 is 10.2 Å². The number of amides is 2. The van der Waals surface area contributed by atoms with Crippen molar-refractivity contribution < 1.29 is 9.59 Å². The first-order valence-corrected chi connectivity index (χ1v) is 7.77. The van der Waals surface area contributed by atoms with Crippen LogP contribution in [-0.2, 0) is 4.79 Å². The second-order valence-electron chi connectivity index (χ2n) is 5.49. The molecule has 2 amide bonds. The molecule has 1 aromatic carbocycles. The number of nitriles is 1. The van der Waals surface area contributed by atoms with Crippen LogP contribution in [0.2, 0.25) is 0 Å². The van der Waals surface area contributed by atoms with Crippen molar-refractivity contribution >= 4 is 11.8 Å². The van der Waals surface area contributed by atoms with Gasteiger partial charge in [0.05, 0.1) is 11.6 Å². The van der Waals surface area contributed by atoms with Crippen molar-refractivity contribution in [3.8, 4) is 6.07 Å². The second-order valence-corrected chi connectivity index (χ2v) is 5.49.